The number of hydrogen-bond acceptors (Lipinski definition) is 4. The maximum Gasteiger partial charge on any atom is 0.130 e. The van der Waals surface area contributed by atoms with Crippen molar-refractivity contribution in [3.8, 4) is 5.75 Å². The van der Waals surface area contributed by atoms with Crippen molar-refractivity contribution in [1.29, 1.82) is 0 Å². The first-order valence-electron chi connectivity index (χ1n) is 9.52. The molecule has 25 heavy (non-hydrogen) atoms. The zero-order chi connectivity index (χ0) is 17.6. The van der Waals surface area contributed by atoms with Gasteiger partial charge >= 0.3 is 0 Å². The van der Waals surface area contributed by atoms with Crippen LogP contribution in [0, 0.1) is 18.7 Å². The Morgan fingerprint density at radius 1 is 1.32 bits per heavy atom. The van der Waals surface area contributed by atoms with Crippen LogP contribution in [0.15, 0.2) is 12.1 Å². The molecule has 2 aliphatic heterocycles. The predicted molar refractivity (Wildman–Crippen MR) is 95.6 cm³/mol. The highest BCUT2D eigenvalue weighted by Crippen LogP contribution is 2.24. The van der Waals surface area contributed by atoms with E-state index in [0.29, 0.717) is 24.7 Å². The Hall–Kier alpha value is -1.17. The van der Waals surface area contributed by atoms with Crippen LogP contribution in [0.5, 0.6) is 5.75 Å². The molecular weight excluding hydrogens is 321 g/mol. The molecule has 0 bridgehead atoms. The van der Waals surface area contributed by atoms with Gasteiger partial charge in [0.25, 0.3) is 0 Å². The number of halogens is 1. The summed E-state index contributed by atoms with van der Waals surface area (Å²) in [5, 5.41) is 9.51. The molecule has 0 aromatic heterocycles. The third-order valence-corrected chi connectivity index (χ3v) is 5.51. The van der Waals surface area contributed by atoms with Crippen molar-refractivity contribution in [2.75, 3.05) is 39.5 Å². The van der Waals surface area contributed by atoms with E-state index in [1.807, 2.05) is 13.0 Å². The SMILES string of the molecule is Cc1cc(OCC2CCOC2)cc(F)c1CCN1CCCC[C@H]1CO. The third-order valence-electron chi connectivity index (χ3n) is 5.51. The van der Waals surface area contributed by atoms with Crippen LogP contribution in [-0.4, -0.2) is 55.6 Å². The molecule has 2 aliphatic rings. The lowest BCUT2D eigenvalue weighted by molar-refractivity contribution is 0.0911. The minimum atomic E-state index is -0.185. The highest BCUT2D eigenvalue weighted by Gasteiger charge is 2.22. The summed E-state index contributed by atoms with van der Waals surface area (Å²) in [6.45, 7) is 6.05. The Morgan fingerprint density at radius 3 is 2.92 bits per heavy atom. The molecule has 0 amide bonds. The van der Waals surface area contributed by atoms with E-state index in [1.165, 1.54) is 12.5 Å². The normalized spacial score (nSPS) is 24.6. The maximum atomic E-state index is 14.6. The lowest BCUT2D eigenvalue weighted by Gasteiger charge is -2.34. The van der Waals surface area contributed by atoms with Crippen LogP contribution < -0.4 is 4.74 Å². The molecule has 2 saturated heterocycles. The fourth-order valence-corrected chi connectivity index (χ4v) is 3.89. The smallest absolute Gasteiger partial charge is 0.130 e. The van der Waals surface area contributed by atoms with E-state index in [9.17, 15) is 9.50 Å². The van der Waals surface area contributed by atoms with Gasteiger partial charge in [-0.2, -0.15) is 0 Å². The third kappa shape index (κ3) is 4.93. The second-order valence-corrected chi connectivity index (χ2v) is 7.36. The zero-order valence-corrected chi connectivity index (χ0v) is 15.2. The van der Waals surface area contributed by atoms with Gasteiger partial charge in [0.15, 0.2) is 0 Å². The van der Waals surface area contributed by atoms with Crippen LogP contribution in [0.25, 0.3) is 0 Å². The molecule has 2 atom stereocenters. The van der Waals surface area contributed by atoms with Gasteiger partial charge < -0.3 is 14.6 Å². The monoisotopic (exact) mass is 351 g/mol. The van der Waals surface area contributed by atoms with Crippen molar-refractivity contribution in [1.82, 2.24) is 4.90 Å². The topological polar surface area (TPSA) is 41.9 Å². The molecule has 0 spiro atoms. The van der Waals surface area contributed by atoms with Crippen LogP contribution in [0.2, 0.25) is 0 Å². The predicted octanol–water partition coefficient (Wildman–Crippen LogP) is 2.94. The summed E-state index contributed by atoms with van der Waals surface area (Å²) >= 11 is 0. The molecule has 0 aliphatic carbocycles. The standard InChI is InChI=1S/C20H30FNO3/c1-15-10-18(25-14-16-6-9-24-13-16)11-20(21)19(15)5-8-22-7-3-2-4-17(22)12-23/h10-11,16-17,23H,2-9,12-14H2,1H3/t16?,17-/m0/s1. The largest absolute Gasteiger partial charge is 0.493 e. The van der Waals surface area contributed by atoms with Gasteiger partial charge in [0.05, 0.1) is 19.8 Å². The summed E-state index contributed by atoms with van der Waals surface area (Å²) in [6, 6.07) is 3.68. The Balaban J connectivity index is 1.57. The molecule has 1 aromatic rings. The van der Waals surface area contributed by atoms with Gasteiger partial charge in [0, 0.05) is 31.2 Å². The molecule has 140 valence electrons. The molecule has 2 fully saturated rings. The minimum Gasteiger partial charge on any atom is -0.493 e. The van der Waals surface area contributed by atoms with Gasteiger partial charge in [-0.15, -0.1) is 0 Å². The molecular formula is C20H30FNO3. The first-order valence-corrected chi connectivity index (χ1v) is 9.52. The highest BCUT2D eigenvalue weighted by molar-refractivity contribution is 5.36. The molecule has 0 saturated carbocycles. The number of nitrogens with zero attached hydrogens (tertiary/aromatic N) is 1. The van der Waals surface area contributed by atoms with E-state index in [-0.39, 0.29) is 18.5 Å². The quantitative estimate of drug-likeness (QED) is 0.820. The molecule has 5 heteroatoms. The van der Waals surface area contributed by atoms with E-state index in [1.54, 1.807) is 0 Å². The van der Waals surface area contributed by atoms with Crippen molar-refractivity contribution in [3.05, 3.63) is 29.1 Å². The Kier molecular flexibility index (Phi) is 6.68. The van der Waals surface area contributed by atoms with E-state index in [2.05, 4.69) is 4.90 Å². The molecule has 3 rings (SSSR count). The Labute approximate surface area is 149 Å². The highest BCUT2D eigenvalue weighted by atomic mass is 19.1. The Morgan fingerprint density at radius 2 is 2.20 bits per heavy atom. The minimum absolute atomic E-state index is 0.185. The number of ether oxygens (including phenoxy) is 2. The fourth-order valence-electron chi connectivity index (χ4n) is 3.89. The van der Waals surface area contributed by atoms with Crippen molar-refractivity contribution < 1.29 is 19.0 Å². The summed E-state index contributed by atoms with van der Waals surface area (Å²) < 4.78 is 25.7. The van der Waals surface area contributed by atoms with Gasteiger partial charge in [-0.25, -0.2) is 4.39 Å². The van der Waals surface area contributed by atoms with Crippen LogP contribution in [-0.2, 0) is 11.2 Å². The summed E-state index contributed by atoms with van der Waals surface area (Å²) in [7, 11) is 0. The molecule has 4 nitrogen and oxygen atoms in total. The number of rotatable bonds is 7. The lowest BCUT2D eigenvalue weighted by atomic mass is 10.00. The number of likely N-dealkylation sites (tertiary alicyclic amines) is 1. The van der Waals surface area contributed by atoms with E-state index in [4.69, 9.17) is 9.47 Å². The number of hydrogen-bond donors (Lipinski definition) is 1. The second kappa shape index (κ2) is 8.97. The summed E-state index contributed by atoms with van der Waals surface area (Å²) in [5.41, 5.74) is 1.70. The van der Waals surface area contributed by atoms with Crippen molar-refractivity contribution in [3.63, 3.8) is 0 Å². The van der Waals surface area contributed by atoms with Crippen molar-refractivity contribution in [2.24, 2.45) is 5.92 Å². The van der Waals surface area contributed by atoms with Crippen LogP contribution in [0.1, 0.15) is 36.8 Å². The van der Waals surface area contributed by atoms with Gasteiger partial charge in [0.2, 0.25) is 0 Å². The molecule has 1 unspecified atom stereocenters. The summed E-state index contributed by atoms with van der Waals surface area (Å²) in [5.74, 6) is 0.838. The number of aliphatic hydroxyl groups is 1. The van der Waals surface area contributed by atoms with Crippen LogP contribution in [0.3, 0.4) is 0 Å². The van der Waals surface area contributed by atoms with Gasteiger partial charge in [-0.05, 0) is 56.3 Å². The lowest BCUT2D eigenvalue weighted by Crippen LogP contribution is -2.42. The Bertz CT molecular complexity index is 537. The summed E-state index contributed by atoms with van der Waals surface area (Å²) in [4.78, 5) is 2.30. The van der Waals surface area contributed by atoms with E-state index < -0.39 is 0 Å². The molecule has 0 radical (unpaired) electrons. The molecule has 1 aromatic carbocycles. The number of aryl methyl sites for hydroxylation is 1. The molecule has 1 N–H and O–H groups in total. The van der Waals surface area contributed by atoms with Crippen LogP contribution >= 0.6 is 0 Å². The number of benzene rings is 1. The van der Waals surface area contributed by atoms with Crippen molar-refractivity contribution in [2.45, 2.75) is 45.1 Å². The number of piperidine rings is 1. The van der Waals surface area contributed by atoms with Gasteiger partial charge in [-0.1, -0.05) is 6.42 Å². The first kappa shape index (κ1) is 18.6. The first-order chi connectivity index (χ1) is 12.2. The maximum absolute atomic E-state index is 14.6. The number of aliphatic hydroxyl groups excluding tert-OH is 1. The zero-order valence-electron chi connectivity index (χ0n) is 15.2. The van der Waals surface area contributed by atoms with Gasteiger partial charge in [-0.3, -0.25) is 4.90 Å². The molecule has 2 heterocycles. The van der Waals surface area contributed by atoms with Crippen LogP contribution in [0.4, 0.5) is 4.39 Å². The average Bonchev–Trinajstić information content (AvgIpc) is 3.13. The van der Waals surface area contributed by atoms with Crippen molar-refractivity contribution >= 4 is 0 Å². The second-order valence-electron chi connectivity index (χ2n) is 7.36. The average molecular weight is 351 g/mol. The van der Waals surface area contributed by atoms with E-state index in [0.717, 1.165) is 56.7 Å². The van der Waals surface area contributed by atoms with E-state index >= 15 is 0 Å². The fraction of sp³-hybridized carbons (Fsp3) is 0.700. The van der Waals surface area contributed by atoms with Gasteiger partial charge in [0.1, 0.15) is 11.6 Å². The summed E-state index contributed by atoms with van der Waals surface area (Å²) in [6.07, 6.45) is 5.06.